The molecular weight excluding hydrogens is 218 g/mol. The van der Waals surface area contributed by atoms with Crippen LogP contribution in [0, 0.1) is 0 Å². The van der Waals surface area contributed by atoms with Gasteiger partial charge in [-0.2, -0.15) is 0 Å². The van der Waals surface area contributed by atoms with Gasteiger partial charge >= 0.3 is 0 Å². The summed E-state index contributed by atoms with van der Waals surface area (Å²) in [5.41, 5.74) is 1.33. The Morgan fingerprint density at radius 2 is 1.94 bits per heavy atom. The molecule has 4 nitrogen and oxygen atoms in total. The molecule has 0 saturated carbocycles. The second-order valence-corrected chi connectivity index (χ2v) is 3.57. The first-order valence-corrected chi connectivity index (χ1v) is 5.16. The lowest BCUT2D eigenvalue weighted by Gasteiger charge is -2.16. The minimum absolute atomic E-state index is 0.107. The van der Waals surface area contributed by atoms with Crippen LogP contribution >= 0.6 is 0 Å². The third kappa shape index (κ3) is 2.30. The van der Waals surface area contributed by atoms with Gasteiger partial charge in [0.15, 0.2) is 0 Å². The molecule has 0 saturated heterocycles. The van der Waals surface area contributed by atoms with E-state index in [0.29, 0.717) is 5.56 Å². The molecule has 0 unspecified atom stereocenters. The van der Waals surface area contributed by atoms with Crippen LogP contribution in [0.25, 0.3) is 0 Å². The van der Waals surface area contributed by atoms with Gasteiger partial charge in [-0.3, -0.25) is 4.79 Å². The Morgan fingerprint density at radius 3 is 2.47 bits per heavy atom. The number of furan rings is 1. The van der Waals surface area contributed by atoms with Crippen LogP contribution in [0.5, 0.6) is 5.75 Å². The molecule has 0 aliphatic carbocycles. The average molecular weight is 231 g/mol. The minimum atomic E-state index is -0.107. The van der Waals surface area contributed by atoms with Crippen LogP contribution in [0.1, 0.15) is 10.4 Å². The molecule has 2 rings (SSSR count). The van der Waals surface area contributed by atoms with Crippen molar-refractivity contribution in [3.63, 3.8) is 0 Å². The maximum absolute atomic E-state index is 12.0. The van der Waals surface area contributed by atoms with Gasteiger partial charge in [-0.1, -0.05) is 0 Å². The fourth-order valence-corrected chi connectivity index (χ4v) is 1.50. The van der Waals surface area contributed by atoms with Gasteiger partial charge < -0.3 is 14.1 Å². The summed E-state index contributed by atoms with van der Waals surface area (Å²) in [6, 6.07) is 8.93. The monoisotopic (exact) mass is 231 g/mol. The number of amides is 1. The van der Waals surface area contributed by atoms with E-state index in [-0.39, 0.29) is 5.91 Å². The largest absolute Gasteiger partial charge is 0.497 e. The van der Waals surface area contributed by atoms with Gasteiger partial charge in [-0.25, -0.2) is 0 Å². The zero-order chi connectivity index (χ0) is 12.3. The fourth-order valence-electron chi connectivity index (χ4n) is 1.50. The van der Waals surface area contributed by atoms with Crippen molar-refractivity contribution >= 4 is 11.6 Å². The standard InChI is InChI=1S/C13H13NO3/c1-14(13(15)10-7-8-17-9-10)11-3-5-12(16-2)6-4-11/h3-9H,1-2H3. The molecule has 0 aliphatic heterocycles. The highest BCUT2D eigenvalue weighted by Crippen LogP contribution is 2.19. The maximum Gasteiger partial charge on any atom is 0.261 e. The Hall–Kier alpha value is -2.23. The van der Waals surface area contributed by atoms with E-state index in [0.717, 1.165) is 11.4 Å². The van der Waals surface area contributed by atoms with Crippen LogP contribution < -0.4 is 9.64 Å². The smallest absolute Gasteiger partial charge is 0.261 e. The Balaban J connectivity index is 2.19. The SMILES string of the molecule is COc1ccc(N(C)C(=O)c2ccoc2)cc1. The average Bonchev–Trinajstić information content (AvgIpc) is 2.91. The van der Waals surface area contributed by atoms with Crippen LogP contribution in [0.2, 0.25) is 0 Å². The fraction of sp³-hybridized carbons (Fsp3) is 0.154. The quantitative estimate of drug-likeness (QED) is 0.815. The molecule has 0 bridgehead atoms. The van der Waals surface area contributed by atoms with Crippen LogP contribution in [0.3, 0.4) is 0 Å². The van der Waals surface area contributed by atoms with E-state index in [4.69, 9.17) is 9.15 Å². The highest BCUT2D eigenvalue weighted by atomic mass is 16.5. The van der Waals surface area contributed by atoms with Crippen molar-refractivity contribution in [1.82, 2.24) is 0 Å². The maximum atomic E-state index is 12.0. The summed E-state index contributed by atoms with van der Waals surface area (Å²) in [7, 11) is 3.33. The Kier molecular flexibility index (Phi) is 3.14. The van der Waals surface area contributed by atoms with E-state index < -0.39 is 0 Å². The number of benzene rings is 1. The van der Waals surface area contributed by atoms with Crippen LogP contribution in [-0.4, -0.2) is 20.1 Å². The van der Waals surface area contributed by atoms with Crippen molar-refractivity contribution < 1.29 is 13.9 Å². The predicted molar refractivity (Wildman–Crippen MR) is 64.4 cm³/mol. The molecule has 0 spiro atoms. The van der Waals surface area contributed by atoms with E-state index in [9.17, 15) is 4.79 Å². The summed E-state index contributed by atoms with van der Waals surface area (Å²) in [6.45, 7) is 0. The molecule has 17 heavy (non-hydrogen) atoms. The third-order valence-corrected chi connectivity index (χ3v) is 2.53. The first kappa shape index (κ1) is 11.3. The van der Waals surface area contributed by atoms with Crippen molar-refractivity contribution in [2.45, 2.75) is 0 Å². The van der Waals surface area contributed by atoms with E-state index >= 15 is 0 Å². The number of anilines is 1. The molecule has 4 heteroatoms. The number of carbonyl (C=O) groups excluding carboxylic acids is 1. The first-order valence-electron chi connectivity index (χ1n) is 5.16. The lowest BCUT2D eigenvalue weighted by molar-refractivity contribution is 0.0992. The third-order valence-electron chi connectivity index (χ3n) is 2.53. The zero-order valence-corrected chi connectivity index (χ0v) is 9.71. The van der Waals surface area contributed by atoms with Gasteiger partial charge in [0, 0.05) is 12.7 Å². The highest BCUT2D eigenvalue weighted by molar-refractivity contribution is 6.05. The van der Waals surface area contributed by atoms with Crippen LogP contribution in [-0.2, 0) is 0 Å². The molecule has 1 aromatic heterocycles. The molecule has 0 atom stereocenters. The molecule has 1 aromatic carbocycles. The predicted octanol–water partition coefficient (Wildman–Crippen LogP) is 2.56. The molecule has 0 fully saturated rings. The first-order chi connectivity index (χ1) is 8.22. The summed E-state index contributed by atoms with van der Waals surface area (Å²) < 4.78 is 9.95. The second-order valence-electron chi connectivity index (χ2n) is 3.57. The molecular formula is C13H13NO3. The van der Waals surface area contributed by atoms with Crippen molar-refractivity contribution in [1.29, 1.82) is 0 Å². The van der Waals surface area contributed by atoms with Gasteiger partial charge in [0.05, 0.1) is 18.9 Å². The topological polar surface area (TPSA) is 42.7 Å². The number of rotatable bonds is 3. The number of nitrogens with zero attached hydrogens (tertiary/aromatic N) is 1. The number of hydrogen-bond donors (Lipinski definition) is 0. The number of hydrogen-bond acceptors (Lipinski definition) is 3. The summed E-state index contributed by atoms with van der Waals surface area (Å²) in [4.78, 5) is 13.6. The minimum Gasteiger partial charge on any atom is -0.497 e. The Labute approximate surface area is 99.4 Å². The van der Waals surface area contributed by atoms with Gasteiger partial charge in [-0.05, 0) is 30.3 Å². The van der Waals surface area contributed by atoms with E-state index in [2.05, 4.69) is 0 Å². The van der Waals surface area contributed by atoms with Crippen LogP contribution in [0.15, 0.2) is 47.3 Å². The van der Waals surface area contributed by atoms with Crippen molar-refractivity contribution in [2.24, 2.45) is 0 Å². The highest BCUT2D eigenvalue weighted by Gasteiger charge is 2.14. The molecule has 1 heterocycles. The zero-order valence-electron chi connectivity index (χ0n) is 9.71. The van der Waals surface area contributed by atoms with Gasteiger partial charge in [0.1, 0.15) is 12.0 Å². The van der Waals surface area contributed by atoms with E-state index in [1.165, 1.54) is 12.5 Å². The molecule has 1 amide bonds. The number of ether oxygens (including phenoxy) is 1. The molecule has 0 radical (unpaired) electrons. The van der Waals surface area contributed by atoms with Crippen molar-refractivity contribution in [3.8, 4) is 5.75 Å². The molecule has 0 aliphatic rings. The number of methoxy groups -OCH3 is 1. The summed E-state index contributed by atoms with van der Waals surface area (Å²) >= 11 is 0. The van der Waals surface area contributed by atoms with Crippen molar-refractivity contribution in [2.75, 3.05) is 19.1 Å². The molecule has 0 N–H and O–H groups in total. The van der Waals surface area contributed by atoms with Crippen LogP contribution in [0.4, 0.5) is 5.69 Å². The van der Waals surface area contributed by atoms with E-state index in [1.54, 1.807) is 25.1 Å². The normalized spacial score (nSPS) is 10.0. The summed E-state index contributed by atoms with van der Waals surface area (Å²) in [5, 5.41) is 0. The Bertz CT molecular complexity index is 488. The lowest BCUT2D eigenvalue weighted by atomic mass is 10.2. The van der Waals surface area contributed by atoms with Gasteiger partial charge in [0.25, 0.3) is 5.91 Å². The van der Waals surface area contributed by atoms with Gasteiger partial charge in [-0.15, -0.1) is 0 Å². The molecule has 2 aromatic rings. The number of carbonyl (C=O) groups is 1. The lowest BCUT2D eigenvalue weighted by Crippen LogP contribution is -2.25. The van der Waals surface area contributed by atoms with Crippen molar-refractivity contribution in [3.05, 3.63) is 48.4 Å². The van der Waals surface area contributed by atoms with E-state index in [1.807, 2.05) is 24.3 Å². The second kappa shape index (κ2) is 4.74. The summed E-state index contributed by atoms with van der Waals surface area (Å²) in [6.07, 6.45) is 2.91. The molecule has 88 valence electrons. The van der Waals surface area contributed by atoms with Gasteiger partial charge in [0.2, 0.25) is 0 Å². The Morgan fingerprint density at radius 1 is 1.24 bits per heavy atom. The summed E-state index contributed by atoms with van der Waals surface area (Å²) in [5.74, 6) is 0.654.